The normalized spacial score (nSPS) is 14.4. The van der Waals surface area contributed by atoms with Gasteiger partial charge in [-0.1, -0.05) is 36.9 Å². The molecule has 0 bridgehead atoms. The molecule has 8 heteroatoms. The average molecular weight is 504 g/mol. The van der Waals surface area contributed by atoms with Crippen LogP contribution in [0, 0.1) is 0 Å². The fraction of sp³-hybridized carbons (Fsp3) is 0.348. The highest BCUT2D eigenvalue weighted by Gasteiger charge is 2.23. The second-order valence-electron chi connectivity index (χ2n) is 7.66. The maximum absolute atomic E-state index is 13.2. The molecule has 1 fully saturated rings. The van der Waals surface area contributed by atoms with Gasteiger partial charge in [-0.25, -0.2) is 4.98 Å². The highest BCUT2D eigenvalue weighted by atomic mass is 79.9. The summed E-state index contributed by atoms with van der Waals surface area (Å²) in [7, 11) is 1.57. The van der Waals surface area contributed by atoms with E-state index < -0.39 is 0 Å². The molecule has 0 aliphatic heterocycles. The number of hydrogen-bond donors (Lipinski definition) is 2. The van der Waals surface area contributed by atoms with Gasteiger partial charge in [0, 0.05) is 24.2 Å². The molecule has 2 heterocycles. The lowest BCUT2D eigenvalue weighted by atomic mass is 9.95. The van der Waals surface area contributed by atoms with Crippen LogP contribution in [0.2, 0.25) is 5.02 Å². The van der Waals surface area contributed by atoms with Crippen molar-refractivity contribution in [2.24, 2.45) is 0 Å². The van der Waals surface area contributed by atoms with Crippen LogP contribution >= 0.6 is 27.5 Å². The lowest BCUT2D eigenvalue weighted by Crippen LogP contribution is -2.28. The summed E-state index contributed by atoms with van der Waals surface area (Å²) in [5.41, 5.74) is 2.64. The van der Waals surface area contributed by atoms with Gasteiger partial charge in [0.2, 0.25) is 0 Å². The molecule has 2 N–H and O–H groups in total. The molecular weight excluding hydrogens is 480 g/mol. The lowest BCUT2D eigenvalue weighted by molar-refractivity contribution is 0.0946. The summed E-state index contributed by atoms with van der Waals surface area (Å²) in [6, 6.07) is 9.58. The standard InChI is InChI=1S/C23H24BrClN4O2/c1-31-18-10-9-14(12-17(18)25)13-27-23(30)21-20(28-15-6-3-2-4-7-15)19-16(22(24)29-21)8-5-11-26-19/h5,8-12,15,28H,2-4,6-7,13H2,1H3,(H,27,30). The third kappa shape index (κ3) is 4.93. The number of carbonyl (C=O) groups is 1. The van der Waals surface area contributed by atoms with Gasteiger partial charge in [0.25, 0.3) is 5.91 Å². The number of methoxy groups -OCH3 is 1. The van der Waals surface area contributed by atoms with E-state index in [1.54, 1.807) is 25.4 Å². The van der Waals surface area contributed by atoms with Crippen molar-refractivity contribution >= 4 is 50.0 Å². The number of pyridine rings is 2. The van der Waals surface area contributed by atoms with Crippen molar-refractivity contribution in [1.29, 1.82) is 0 Å². The molecular formula is C23H24BrClN4O2. The van der Waals surface area contributed by atoms with Crippen LogP contribution in [0.15, 0.2) is 41.1 Å². The summed E-state index contributed by atoms with van der Waals surface area (Å²) in [6.45, 7) is 0.324. The van der Waals surface area contributed by atoms with E-state index in [1.165, 1.54) is 19.3 Å². The minimum absolute atomic E-state index is 0.265. The van der Waals surface area contributed by atoms with Gasteiger partial charge in [0.15, 0.2) is 5.69 Å². The fourth-order valence-corrected chi connectivity index (χ4v) is 4.71. The maximum Gasteiger partial charge on any atom is 0.272 e. The zero-order chi connectivity index (χ0) is 21.8. The van der Waals surface area contributed by atoms with E-state index in [4.69, 9.17) is 16.3 Å². The first-order valence-electron chi connectivity index (χ1n) is 10.4. The van der Waals surface area contributed by atoms with Crippen LogP contribution in [-0.2, 0) is 6.54 Å². The Hall–Kier alpha value is -2.38. The number of hydrogen-bond acceptors (Lipinski definition) is 5. The number of ether oxygens (including phenoxy) is 1. The van der Waals surface area contributed by atoms with Crippen molar-refractivity contribution in [2.75, 3.05) is 12.4 Å². The van der Waals surface area contributed by atoms with Gasteiger partial charge in [0.1, 0.15) is 10.4 Å². The Kier molecular flexibility index (Phi) is 6.92. The number of fused-ring (bicyclic) bond motifs is 1. The molecule has 0 atom stereocenters. The topological polar surface area (TPSA) is 76.1 Å². The minimum atomic E-state index is -0.265. The molecule has 2 aromatic heterocycles. The van der Waals surface area contributed by atoms with Gasteiger partial charge < -0.3 is 15.4 Å². The van der Waals surface area contributed by atoms with Crippen molar-refractivity contribution in [3.63, 3.8) is 0 Å². The molecule has 1 aliphatic rings. The number of aromatic nitrogens is 2. The molecule has 1 aliphatic carbocycles. The summed E-state index contributed by atoms with van der Waals surface area (Å²) in [5.74, 6) is 0.334. The van der Waals surface area contributed by atoms with Gasteiger partial charge in [-0.15, -0.1) is 0 Å². The Morgan fingerprint density at radius 1 is 1.26 bits per heavy atom. The number of nitrogens with one attached hydrogen (secondary N) is 2. The fourth-order valence-electron chi connectivity index (χ4n) is 3.94. The minimum Gasteiger partial charge on any atom is -0.495 e. The third-order valence-corrected chi connectivity index (χ3v) is 6.45. The van der Waals surface area contributed by atoms with Crippen LogP contribution in [0.5, 0.6) is 5.75 Å². The van der Waals surface area contributed by atoms with Crippen molar-refractivity contribution in [3.8, 4) is 5.75 Å². The highest BCUT2D eigenvalue weighted by molar-refractivity contribution is 9.10. The van der Waals surface area contributed by atoms with E-state index >= 15 is 0 Å². The number of amides is 1. The first-order valence-corrected chi connectivity index (χ1v) is 11.6. The number of anilines is 1. The molecule has 162 valence electrons. The second kappa shape index (κ2) is 9.83. The van der Waals surface area contributed by atoms with Gasteiger partial charge >= 0.3 is 0 Å². The number of benzene rings is 1. The van der Waals surface area contributed by atoms with E-state index in [0.717, 1.165) is 29.3 Å². The molecule has 0 radical (unpaired) electrons. The first kappa shape index (κ1) is 21.8. The molecule has 6 nitrogen and oxygen atoms in total. The van der Waals surface area contributed by atoms with Crippen LogP contribution in [0.25, 0.3) is 10.9 Å². The van der Waals surface area contributed by atoms with Gasteiger partial charge in [-0.2, -0.15) is 0 Å². The lowest BCUT2D eigenvalue weighted by Gasteiger charge is -2.25. The summed E-state index contributed by atoms with van der Waals surface area (Å²) in [6.07, 6.45) is 7.53. The van der Waals surface area contributed by atoms with E-state index in [9.17, 15) is 4.79 Å². The second-order valence-corrected chi connectivity index (χ2v) is 8.81. The largest absolute Gasteiger partial charge is 0.495 e. The summed E-state index contributed by atoms with van der Waals surface area (Å²) in [4.78, 5) is 22.3. The Morgan fingerprint density at radius 3 is 2.81 bits per heavy atom. The van der Waals surface area contributed by atoms with Crippen molar-refractivity contribution in [3.05, 3.63) is 57.4 Å². The number of nitrogens with zero attached hydrogens (tertiary/aromatic N) is 2. The number of rotatable bonds is 6. The third-order valence-electron chi connectivity index (χ3n) is 5.55. The molecule has 3 aromatic rings. The van der Waals surface area contributed by atoms with Crippen LogP contribution in [-0.4, -0.2) is 29.0 Å². The molecule has 1 saturated carbocycles. The van der Waals surface area contributed by atoms with Gasteiger partial charge in [-0.05, 0) is 58.6 Å². The SMILES string of the molecule is COc1ccc(CNC(=O)c2nc(Br)c3cccnc3c2NC2CCCCC2)cc1Cl. The van der Waals surface area contributed by atoms with Crippen LogP contribution in [0.4, 0.5) is 5.69 Å². The maximum atomic E-state index is 13.2. The summed E-state index contributed by atoms with van der Waals surface area (Å²) >= 11 is 9.71. The highest BCUT2D eigenvalue weighted by Crippen LogP contribution is 2.32. The van der Waals surface area contributed by atoms with Crippen molar-refractivity contribution in [1.82, 2.24) is 15.3 Å². The molecule has 4 rings (SSSR count). The predicted octanol–water partition coefficient (Wildman–Crippen LogP) is 5.73. The molecule has 0 spiro atoms. The van der Waals surface area contributed by atoms with Gasteiger partial charge in [-0.3, -0.25) is 9.78 Å². The zero-order valence-electron chi connectivity index (χ0n) is 17.3. The number of halogens is 2. The zero-order valence-corrected chi connectivity index (χ0v) is 19.6. The molecule has 0 unspecified atom stereocenters. The molecule has 1 amide bonds. The summed E-state index contributed by atoms with van der Waals surface area (Å²) < 4.78 is 5.79. The van der Waals surface area contributed by atoms with E-state index in [2.05, 4.69) is 36.5 Å². The van der Waals surface area contributed by atoms with Crippen molar-refractivity contribution in [2.45, 2.75) is 44.7 Å². The Labute approximate surface area is 194 Å². The quantitative estimate of drug-likeness (QED) is 0.420. The van der Waals surface area contributed by atoms with Crippen LogP contribution in [0.1, 0.15) is 48.2 Å². The molecule has 1 aromatic carbocycles. The van der Waals surface area contributed by atoms with E-state index in [1.807, 2.05) is 18.2 Å². The number of carbonyl (C=O) groups excluding carboxylic acids is 1. The molecule has 0 saturated heterocycles. The smallest absolute Gasteiger partial charge is 0.272 e. The first-order chi connectivity index (χ1) is 15.1. The Morgan fingerprint density at radius 2 is 2.06 bits per heavy atom. The summed E-state index contributed by atoms with van der Waals surface area (Å²) in [5, 5.41) is 7.92. The molecule has 31 heavy (non-hydrogen) atoms. The monoisotopic (exact) mass is 502 g/mol. The van der Waals surface area contributed by atoms with Crippen LogP contribution < -0.4 is 15.4 Å². The van der Waals surface area contributed by atoms with E-state index in [-0.39, 0.29) is 5.91 Å². The van der Waals surface area contributed by atoms with Gasteiger partial charge in [0.05, 0.1) is 23.3 Å². The van der Waals surface area contributed by atoms with Crippen molar-refractivity contribution < 1.29 is 9.53 Å². The van der Waals surface area contributed by atoms with Crippen LogP contribution in [0.3, 0.4) is 0 Å². The Bertz CT molecular complexity index is 1100. The predicted molar refractivity (Wildman–Crippen MR) is 127 cm³/mol. The Balaban J connectivity index is 1.62. The average Bonchev–Trinajstić information content (AvgIpc) is 2.80. The van der Waals surface area contributed by atoms with E-state index in [0.29, 0.717) is 39.3 Å².